The Hall–Kier alpha value is -1.99. The molecule has 0 N–H and O–H groups in total. The van der Waals surface area contributed by atoms with E-state index in [1.807, 2.05) is 35.0 Å². The van der Waals surface area contributed by atoms with Gasteiger partial charge in [-0.3, -0.25) is 4.57 Å². The van der Waals surface area contributed by atoms with Gasteiger partial charge in [0.2, 0.25) is 0 Å². The number of aromatic nitrogens is 1. The van der Waals surface area contributed by atoms with Crippen LogP contribution in [0.4, 0.5) is 4.39 Å². The minimum Gasteiger partial charge on any atom is -0.497 e. The molecule has 1 heterocycles. The van der Waals surface area contributed by atoms with Gasteiger partial charge in [-0.2, -0.15) is 0 Å². The second kappa shape index (κ2) is 10.4. The molecule has 0 saturated heterocycles. The number of rotatable bonds is 12. The summed E-state index contributed by atoms with van der Waals surface area (Å²) < 4.78 is 36.5. The van der Waals surface area contributed by atoms with Gasteiger partial charge in [0.05, 0.1) is 13.3 Å². The monoisotopic (exact) mass is 395 g/mol. The first-order chi connectivity index (χ1) is 12.9. The molecule has 0 aliphatic rings. The van der Waals surface area contributed by atoms with Crippen molar-refractivity contribution in [2.24, 2.45) is 0 Å². The lowest BCUT2D eigenvalue weighted by Gasteiger charge is -2.16. The predicted molar refractivity (Wildman–Crippen MR) is 107 cm³/mol. The Labute approximate surface area is 162 Å². The lowest BCUT2D eigenvalue weighted by atomic mass is 10.2. The summed E-state index contributed by atoms with van der Waals surface area (Å²) in [4.78, 5) is 0. The number of ether oxygens (including phenoxy) is 4. The molecule has 1 aromatic carbocycles. The standard InChI is InChI=1S/C20H30FNO4Si/c1-23-18-7-5-17(6-8-18)15-26-19-13-20(25-10-9-21)22(14-19)16-24-11-12-27(2,3)4/h5-8,13-14H,9-12,15-16H2,1-4H3. The highest BCUT2D eigenvalue weighted by Gasteiger charge is 2.13. The van der Waals surface area contributed by atoms with Crippen molar-refractivity contribution in [2.45, 2.75) is 39.0 Å². The molecule has 0 aliphatic carbocycles. The number of alkyl halides is 1. The molecular formula is C20H30FNO4Si. The quantitative estimate of drug-likeness (QED) is 0.385. The van der Waals surface area contributed by atoms with E-state index in [2.05, 4.69) is 19.6 Å². The summed E-state index contributed by atoms with van der Waals surface area (Å²) >= 11 is 0. The molecule has 0 spiro atoms. The summed E-state index contributed by atoms with van der Waals surface area (Å²) in [6.07, 6.45) is 1.83. The Morgan fingerprint density at radius 2 is 1.74 bits per heavy atom. The third-order valence-electron chi connectivity index (χ3n) is 3.95. The largest absolute Gasteiger partial charge is 0.497 e. The van der Waals surface area contributed by atoms with Crippen molar-refractivity contribution in [3.63, 3.8) is 0 Å². The smallest absolute Gasteiger partial charge is 0.199 e. The van der Waals surface area contributed by atoms with Crippen LogP contribution in [0.25, 0.3) is 0 Å². The van der Waals surface area contributed by atoms with E-state index in [-0.39, 0.29) is 6.61 Å². The van der Waals surface area contributed by atoms with E-state index in [0.29, 0.717) is 31.6 Å². The SMILES string of the molecule is COc1ccc(COc2cc(OCCF)n(COCC[Si](C)(C)C)c2)cc1. The zero-order valence-electron chi connectivity index (χ0n) is 16.7. The van der Waals surface area contributed by atoms with Crippen molar-refractivity contribution in [3.05, 3.63) is 42.1 Å². The Morgan fingerprint density at radius 1 is 1.00 bits per heavy atom. The third-order valence-corrected chi connectivity index (χ3v) is 5.65. The Morgan fingerprint density at radius 3 is 2.37 bits per heavy atom. The van der Waals surface area contributed by atoms with Crippen LogP contribution >= 0.6 is 0 Å². The molecule has 0 bridgehead atoms. The number of hydrogen-bond acceptors (Lipinski definition) is 4. The van der Waals surface area contributed by atoms with Crippen molar-refractivity contribution in [3.8, 4) is 17.4 Å². The van der Waals surface area contributed by atoms with Crippen molar-refractivity contribution >= 4 is 8.07 Å². The number of hydrogen-bond donors (Lipinski definition) is 0. The van der Waals surface area contributed by atoms with Crippen molar-refractivity contribution in [1.29, 1.82) is 0 Å². The number of halogens is 1. The van der Waals surface area contributed by atoms with E-state index in [1.165, 1.54) is 0 Å². The molecule has 0 fully saturated rings. The first-order valence-corrected chi connectivity index (χ1v) is 12.8. The van der Waals surface area contributed by atoms with Crippen molar-refractivity contribution in [2.75, 3.05) is 27.0 Å². The lowest BCUT2D eigenvalue weighted by molar-refractivity contribution is 0.0790. The van der Waals surface area contributed by atoms with Crippen LogP contribution < -0.4 is 14.2 Å². The molecule has 0 aliphatic heterocycles. The molecule has 2 aromatic rings. The minimum absolute atomic E-state index is 0.0108. The summed E-state index contributed by atoms with van der Waals surface area (Å²) in [5.41, 5.74) is 1.03. The minimum atomic E-state index is -1.13. The van der Waals surface area contributed by atoms with Gasteiger partial charge in [0.25, 0.3) is 0 Å². The van der Waals surface area contributed by atoms with Crippen LogP contribution in [0.5, 0.6) is 17.4 Å². The zero-order valence-corrected chi connectivity index (χ0v) is 17.7. The summed E-state index contributed by atoms with van der Waals surface area (Å²) in [6, 6.07) is 10.6. The van der Waals surface area contributed by atoms with E-state index in [0.717, 1.165) is 17.4 Å². The highest BCUT2D eigenvalue weighted by Crippen LogP contribution is 2.25. The Kier molecular flexibility index (Phi) is 8.18. The summed E-state index contributed by atoms with van der Waals surface area (Å²) in [5.74, 6) is 2.01. The molecular weight excluding hydrogens is 365 g/mol. The first kappa shape index (κ1) is 21.3. The molecule has 0 amide bonds. The maximum Gasteiger partial charge on any atom is 0.199 e. The summed E-state index contributed by atoms with van der Waals surface area (Å²) in [6.45, 7) is 7.90. The van der Waals surface area contributed by atoms with Crippen LogP contribution in [0.15, 0.2) is 36.5 Å². The van der Waals surface area contributed by atoms with Gasteiger partial charge in [0.1, 0.15) is 38.1 Å². The molecule has 27 heavy (non-hydrogen) atoms. The summed E-state index contributed by atoms with van der Waals surface area (Å²) in [7, 11) is 0.507. The second-order valence-electron chi connectivity index (χ2n) is 7.51. The molecule has 0 saturated carbocycles. The van der Waals surface area contributed by atoms with Gasteiger partial charge in [0, 0.05) is 20.7 Å². The lowest BCUT2D eigenvalue weighted by Crippen LogP contribution is -2.22. The molecule has 0 radical (unpaired) electrons. The summed E-state index contributed by atoms with van der Waals surface area (Å²) in [5, 5.41) is 0. The van der Waals surface area contributed by atoms with Crippen LogP contribution in [0.2, 0.25) is 25.7 Å². The zero-order chi connectivity index (χ0) is 19.7. The van der Waals surface area contributed by atoms with Gasteiger partial charge < -0.3 is 18.9 Å². The third kappa shape index (κ3) is 7.64. The normalized spacial score (nSPS) is 11.4. The fourth-order valence-corrected chi connectivity index (χ4v) is 3.09. The van der Waals surface area contributed by atoms with E-state index in [1.54, 1.807) is 13.2 Å². The topological polar surface area (TPSA) is 41.9 Å². The van der Waals surface area contributed by atoms with Crippen LogP contribution in [0, 0.1) is 0 Å². The van der Waals surface area contributed by atoms with Crippen LogP contribution in [0.3, 0.4) is 0 Å². The first-order valence-electron chi connectivity index (χ1n) is 9.14. The molecule has 5 nitrogen and oxygen atoms in total. The van der Waals surface area contributed by atoms with Crippen LogP contribution in [0.1, 0.15) is 5.56 Å². The van der Waals surface area contributed by atoms with E-state index < -0.39 is 14.7 Å². The number of methoxy groups -OCH3 is 1. The van der Waals surface area contributed by atoms with E-state index >= 15 is 0 Å². The Balaban J connectivity index is 1.93. The fraction of sp³-hybridized carbons (Fsp3) is 0.500. The van der Waals surface area contributed by atoms with Crippen LogP contribution in [-0.2, 0) is 18.1 Å². The van der Waals surface area contributed by atoms with Gasteiger partial charge in [0.15, 0.2) is 5.88 Å². The van der Waals surface area contributed by atoms with Gasteiger partial charge in [-0.15, -0.1) is 0 Å². The van der Waals surface area contributed by atoms with Gasteiger partial charge in [-0.1, -0.05) is 31.8 Å². The highest BCUT2D eigenvalue weighted by atomic mass is 28.3. The average molecular weight is 396 g/mol. The molecule has 0 atom stereocenters. The van der Waals surface area contributed by atoms with Gasteiger partial charge in [-0.05, 0) is 23.7 Å². The molecule has 150 valence electrons. The van der Waals surface area contributed by atoms with Gasteiger partial charge in [-0.25, -0.2) is 4.39 Å². The maximum absolute atomic E-state index is 12.5. The van der Waals surface area contributed by atoms with Crippen molar-refractivity contribution in [1.82, 2.24) is 4.57 Å². The van der Waals surface area contributed by atoms with Crippen LogP contribution in [-0.4, -0.2) is 39.6 Å². The molecule has 7 heteroatoms. The van der Waals surface area contributed by atoms with E-state index in [4.69, 9.17) is 18.9 Å². The number of benzene rings is 1. The molecule has 2 rings (SSSR count). The average Bonchev–Trinajstić information content (AvgIpc) is 3.03. The molecule has 0 unspecified atom stereocenters. The molecule has 1 aromatic heterocycles. The maximum atomic E-state index is 12.5. The second-order valence-corrected chi connectivity index (χ2v) is 13.1. The predicted octanol–water partition coefficient (Wildman–Crippen LogP) is 4.74. The van der Waals surface area contributed by atoms with Crippen molar-refractivity contribution < 1.29 is 23.3 Å². The van der Waals surface area contributed by atoms with E-state index in [9.17, 15) is 4.39 Å². The number of nitrogens with zero attached hydrogens (tertiary/aromatic N) is 1. The Bertz CT molecular complexity index is 682. The fourth-order valence-electron chi connectivity index (χ4n) is 2.34. The van der Waals surface area contributed by atoms with Gasteiger partial charge >= 0.3 is 0 Å². The highest BCUT2D eigenvalue weighted by molar-refractivity contribution is 6.76.